The molecular formula is C13H16ClN3O4. The summed E-state index contributed by atoms with van der Waals surface area (Å²) in [4.78, 5) is 4.16. The number of rotatable bonds is 5. The Balaban J connectivity index is 2.41. The molecule has 0 bridgehead atoms. The molecule has 3 N–H and O–H groups in total. The highest BCUT2D eigenvalue weighted by molar-refractivity contribution is 6.32. The topological polar surface area (TPSA) is 104 Å². The molecule has 0 fully saturated rings. The molecule has 0 saturated heterocycles. The van der Waals surface area contributed by atoms with E-state index >= 15 is 0 Å². The van der Waals surface area contributed by atoms with E-state index in [0.29, 0.717) is 27.9 Å². The van der Waals surface area contributed by atoms with Crippen LogP contribution in [0.5, 0.6) is 11.5 Å². The first kappa shape index (κ1) is 15.6. The van der Waals surface area contributed by atoms with Gasteiger partial charge in [0.15, 0.2) is 11.5 Å². The third-order valence-corrected chi connectivity index (χ3v) is 3.22. The number of hydrogen-bond donors (Lipinski definition) is 2. The maximum atomic E-state index is 9.44. The van der Waals surface area contributed by atoms with E-state index in [2.05, 4.69) is 10.1 Å². The van der Waals surface area contributed by atoms with Crippen molar-refractivity contribution < 1.29 is 19.1 Å². The fraction of sp³-hybridized carbons (Fsp3) is 0.385. The molecular weight excluding hydrogens is 298 g/mol. The molecule has 2 unspecified atom stereocenters. The predicted molar refractivity (Wildman–Crippen MR) is 76.5 cm³/mol. The summed E-state index contributed by atoms with van der Waals surface area (Å²) in [7, 11) is 3.00. The van der Waals surface area contributed by atoms with Crippen molar-refractivity contribution in [1.82, 2.24) is 10.1 Å². The smallest absolute Gasteiger partial charge is 0.246 e. The normalized spacial score (nSPS) is 13.8. The number of aromatic nitrogens is 2. The minimum Gasteiger partial charge on any atom is -0.493 e. The van der Waals surface area contributed by atoms with Crippen LogP contribution in [-0.2, 0) is 0 Å². The lowest BCUT2D eigenvalue weighted by molar-refractivity contribution is 0.146. The Morgan fingerprint density at radius 2 is 2.05 bits per heavy atom. The van der Waals surface area contributed by atoms with Gasteiger partial charge < -0.3 is 24.8 Å². The zero-order chi connectivity index (χ0) is 15.6. The molecule has 114 valence electrons. The quantitative estimate of drug-likeness (QED) is 0.867. The van der Waals surface area contributed by atoms with E-state index in [-0.39, 0.29) is 5.89 Å². The van der Waals surface area contributed by atoms with Gasteiger partial charge in [-0.15, -0.1) is 0 Å². The highest BCUT2D eigenvalue weighted by Gasteiger charge is 2.21. The van der Waals surface area contributed by atoms with Crippen molar-refractivity contribution in [1.29, 1.82) is 0 Å². The highest BCUT2D eigenvalue weighted by atomic mass is 35.5. The minimum absolute atomic E-state index is 0.144. The van der Waals surface area contributed by atoms with Gasteiger partial charge in [-0.25, -0.2) is 0 Å². The number of hydrogen-bond acceptors (Lipinski definition) is 7. The standard InChI is InChI=1S/C13H16ClN3O4/c1-6(18)10(15)13-16-12(17-21-13)7-4-8(14)11(20-3)9(5-7)19-2/h4-6,10,18H,15H2,1-3H3. The molecule has 1 aromatic heterocycles. The molecule has 2 rings (SSSR count). The number of aliphatic hydroxyl groups excluding tert-OH is 1. The van der Waals surface area contributed by atoms with Crippen LogP contribution >= 0.6 is 11.6 Å². The molecule has 0 aliphatic rings. The van der Waals surface area contributed by atoms with E-state index in [9.17, 15) is 5.11 Å². The SMILES string of the molecule is COc1cc(-c2noc(C(N)C(C)O)n2)cc(Cl)c1OC. The van der Waals surface area contributed by atoms with Crippen LogP contribution < -0.4 is 15.2 Å². The van der Waals surface area contributed by atoms with E-state index in [0.717, 1.165) is 0 Å². The van der Waals surface area contributed by atoms with Gasteiger partial charge in [-0.05, 0) is 19.1 Å². The summed E-state index contributed by atoms with van der Waals surface area (Å²) in [5.74, 6) is 1.31. The molecule has 1 heterocycles. The second-order valence-corrected chi connectivity index (χ2v) is 4.82. The lowest BCUT2D eigenvalue weighted by Gasteiger charge is -2.10. The Morgan fingerprint density at radius 3 is 2.62 bits per heavy atom. The molecule has 0 saturated carbocycles. The number of nitrogens with zero attached hydrogens (tertiary/aromatic N) is 2. The van der Waals surface area contributed by atoms with Gasteiger partial charge >= 0.3 is 0 Å². The zero-order valence-corrected chi connectivity index (χ0v) is 12.6. The van der Waals surface area contributed by atoms with Crippen molar-refractivity contribution in [3.63, 3.8) is 0 Å². The maximum absolute atomic E-state index is 9.44. The first-order valence-electron chi connectivity index (χ1n) is 6.17. The first-order valence-corrected chi connectivity index (χ1v) is 6.54. The predicted octanol–water partition coefficient (Wildman–Crippen LogP) is 1.79. The summed E-state index contributed by atoms with van der Waals surface area (Å²) >= 11 is 6.13. The number of aliphatic hydroxyl groups is 1. The zero-order valence-electron chi connectivity index (χ0n) is 11.8. The van der Waals surface area contributed by atoms with Crippen LogP contribution in [0, 0.1) is 0 Å². The summed E-state index contributed by atoms with van der Waals surface area (Å²) in [6.07, 6.45) is -0.799. The van der Waals surface area contributed by atoms with E-state index < -0.39 is 12.1 Å². The van der Waals surface area contributed by atoms with Gasteiger partial charge in [0.05, 0.1) is 25.3 Å². The van der Waals surface area contributed by atoms with Crippen LogP contribution in [-0.4, -0.2) is 35.6 Å². The van der Waals surface area contributed by atoms with Crippen LogP contribution in [0.15, 0.2) is 16.7 Å². The number of ether oxygens (including phenoxy) is 2. The summed E-state index contributed by atoms with van der Waals surface area (Å²) in [5, 5.41) is 13.6. The molecule has 0 spiro atoms. The lowest BCUT2D eigenvalue weighted by atomic mass is 10.2. The Hall–Kier alpha value is -1.83. The fourth-order valence-electron chi connectivity index (χ4n) is 1.74. The van der Waals surface area contributed by atoms with Gasteiger partial charge in [0, 0.05) is 5.56 Å². The summed E-state index contributed by atoms with van der Waals surface area (Å²) in [6, 6.07) is 2.56. The summed E-state index contributed by atoms with van der Waals surface area (Å²) < 4.78 is 15.4. The van der Waals surface area contributed by atoms with Crippen LogP contribution in [0.2, 0.25) is 5.02 Å². The Bertz CT molecular complexity index is 630. The van der Waals surface area contributed by atoms with Crippen molar-refractivity contribution in [2.45, 2.75) is 19.1 Å². The van der Waals surface area contributed by atoms with Crippen LogP contribution in [0.4, 0.5) is 0 Å². The number of nitrogens with two attached hydrogens (primary N) is 1. The van der Waals surface area contributed by atoms with Crippen molar-refractivity contribution >= 4 is 11.6 Å². The van der Waals surface area contributed by atoms with Gasteiger partial charge in [0.1, 0.15) is 6.04 Å². The van der Waals surface area contributed by atoms with E-state index in [4.69, 9.17) is 31.3 Å². The lowest BCUT2D eigenvalue weighted by Crippen LogP contribution is -2.23. The third kappa shape index (κ3) is 3.10. The van der Waals surface area contributed by atoms with E-state index in [1.165, 1.54) is 14.2 Å². The molecule has 8 heteroatoms. The van der Waals surface area contributed by atoms with Crippen molar-refractivity contribution in [2.75, 3.05) is 14.2 Å². The monoisotopic (exact) mass is 313 g/mol. The number of benzene rings is 1. The molecule has 0 radical (unpaired) electrons. The molecule has 2 aromatic rings. The Morgan fingerprint density at radius 1 is 1.33 bits per heavy atom. The number of halogens is 1. The first-order chi connectivity index (χ1) is 9.97. The average molecular weight is 314 g/mol. The molecule has 0 aliphatic heterocycles. The van der Waals surface area contributed by atoms with Gasteiger partial charge in [-0.3, -0.25) is 0 Å². The molecule has 7 nitrogen and oxygen atoms in total. The van der Waals surface area contributed by atoms with Gasteiger partial charge in [-0.2, -0.15) is 4.98 Å². The second kappa shape index (κ2) is 6.30. The van der Waals surface area contributed by atoms with Crippen LogP contribution in [0.25, 0.3) is 11.4 Å². The molecule has 21 heavy (non-hydrogen) atoms. The summed E-state index contributed by atoms with van der Waals surface area (Å²) in [6.45, 7) is 1.54. The Kier molecular flexibility index (Phi) is 4.66. The highest BCUT2D eigenvalue weighted by Crippen LogP contribution is 2.38. The van der Waals surface area contributed by atoms with Crippen molar-refractivity contribution in [2.24, 2.45) is 5.73 Å². The van der Waals surface area contributed by atoms with Crippen LogP contribution in [0.1, 0.15) is 18.9 Å². The van der Waals surface area contributed by atoms with Crippen molar-refractivity contribution in [3.8, 4) is 22.9 Å². The van der Waals surface area contributed by atoms with Gasteiger partial charge in [-0.1, -0.05) is 16.8 Å². The van der Waals surface area contributed by atoms with E-state index in [1.54, 1.807) is 19.1 Å². The van der Waals surface area contributed by atoms with E-state index in [1.807, 2.05) is 0 Å². The maximum Gasteiger partial charge on any atom is 0.246 e. The largest absolute Gasteiger partial charge is 0.493 e. The molecule has 0 amide bonds. The Labute approximate surface area is 126 Å². The fourth-order valence-corrected chi connectivity index (χ4v) is 2.03. The third-order valence-electron chi connectivity index (χ3n) is 2.94. The van der Waals surface area contributed by atoms with Crippen LogP contribution in [0.3, 0.4) is 0 Å². The second-order valence-electron chi connectivity index (χ2n) is 4.42. The molecule has 0 aliphatic carbocycles. The minimum atomic E-state index is -0.799. The van der Waals surface area contributed by atoms with Gasteiger partial charge in [0.25, 0.3) is 0 Å². The number of methoxy groups -OCH3 is 2. The molecule has 1 aromatic carbocycles. The average Bonchev–Trinajstić information content (AvgIpc) is 2.95. The molecule has 2 atom stereocenters. The van der Waals surface area contributed by atoms with Gasteiger partial charge in [0.2, 0.25) is 11.7 Å². The van der Waals surface area contributed by atoms with Crippen molar-refractivity contribution in [3.05, 3.63) is 23.0 Å². The summed E-state index contributed by atoms with van der Waals surface area (Å²) in [5.41, 5.74) is 6.33.